The third-order valence-electron chi connectivity index (χ3n) is 16.2. The van der Waals surface area contributed by atoms with Crippen LogP contribution in [-0.4, -0.2) is 72.5 Å². The number of nitrogens with one attached hydrogen (secondary N) is 4. The van der Waals surface area contributed by atoms with Gasteiger partial charge in [0.25, 0.3) is 5.69 Å². The fourth-order valence-corrected chi connectivity index (χ4v) is 12.4. The summed E-state index contributed by atoms with van der Waals surface area (Å²) < 4.78 is 16.5. The van der Waals surface area contributed by atoms with E-state index in [0.29, 0.717) is 36.2 Å². The molecular weight excluding hydrogens is 909 g/mol. The highest BCUT2D eigenvalue weighted by Crippen LogP contribution is 2.67. The Hall–Kier alpha value is -5.84. The van der Waals surface area contributed by atoms with Gasteiger partial charge in [0.05, 0.1) is 24.0 Å². The molecule has 3 saturated carbocycles. The van der Waals surface area contributed by atoms with Crippen molar-refractivity contribution in [3.8, 4) is 5.75 Å². The predicted octanol–water partition coefficient (Wildman–Crippen LogP) is 8.44. The summed E-state index contributed by atoms with van der Waals surface area (Å²) in [4.78, 5) is 84.9. The van der Waals surface area contributed by atoms with E-state index in [4.69, 9.17) is 19.9 Å². The fourth-order valence-electron chi connectivity index (χ4n) is 12.4. The van der Waals surface area contributed by atoms with Gasteiger partial charge in [-0.3, -0.25) is 34.1 Å². The quantitative estimate of drug-likeness (QED) is 0.0167. The number of nitrogens with two attached hydrogens (primary N) is 1. The molecule has 17 heteroatoms. The Morgan fingerprint density at radius 1 is 0.845 bits per heavy atom. The van der Waals surface area contributed by atoms with Gasteiger partial charge in [0.15, 0.2) is 0 Å². The number of benzene rings is 2. The summed E-state index contributed by atoms with van der Waals surface area (Å²) in [6.07, 6.45) is 15.5. The van der Waals surface area contributed by atoms with Crippen LogP contribution in [0.2, 0.25) is 0 Å². The minimum atomic E-state index is -1.36. The van der Waals surface area contributed by atoms with Gasteiger partial charge in [-0.1, -0.05) is 77.7 Å². The van der Waals surface area contributed by atoms with Crippen LogP contribution in [0.3, 0.4) is 0 Å². The maximum Gasteiger partial charge on any atom is 0.514 e. The molecular formula is C54H76N6O11. The Morgan fingerprint density at radius 2 is 1.58 bits per heavy atom. The summed E-state index contributed by atoms with van der Waals surface area (Å²) >= 11 is 0. The third-order valence-corrected chi connectivity index (χ3v) is 16.2. The molecule has 0 saturated heterocycles. The Labute approximate surface area is 418 Å². The van der Waals surface area contributed by atoms with E-state index in [1.165, 1.54) is 87.8 Å². The van der Waals surface area contributed by atoms with E-state index < -0.39 is 53.7 Å². The number of nitro benzene ring substituents is 1. The van der Waals surface area contributed by atoms with Crippen molar-refractivity contribution in [2.24, 2.45) is 52.1 Å². The van der Waals surface area contributed by atoms with Crippen LogP contribution in [0.4, 0.5) is 16.2 Å². The molecule has 0 spiro atoms. The minimum absolute atomic E-state index is 0.0669. The molecule has 6 rings (SSSR count). The van der Waals surface area contributed by atoms with Gasteiger partial charge < -0.3 is 41.2 Å². The zero-order valence-electron chi connectivity index (χ0n) is 42.3. The topological polar surface area (TPSA) is 247 Å². The van der Waals surface area contributed by atoms with Crippen LogP contribution in [0.15, 0.2) is 60.2 Å². The smallest absolute Gasteiger partial charge is 0.429 e. The fraction of sp³-hybridized carbons (Fsp3) is 0.630. The molecule has 9 atom stereocenters. The number of ether oxygens (including phenoxy) is 3. The number of primary amides is 1. The van der Waals surface area contributed by atoms with Crippen LogP contribution < -0.4 is 31.7 Å². The van der Waals surface area contributed by atoms with E-state index in [2.05, 4.69) is 62.0 Å². The number of hydrogen-bond acceptors (Lipinski definition) is 11. The van der Waals surface area contributed by atoms with Gasteiger partial charge in [-0.25, -0.2) is 4.79 Å². The van der Waals surface area contributed by atoms with Gasteiger partial charge in [-0.2, -0.15) is 0 Å². The van der Waals surface area contributed by atoms with Crippen LogP contribution in [0.1, 0.15) is 136 Å². The van der Waals surface area contributed by atoms with Gasteiger partial charge >= 0.3 is 6.16 Å². The second-order valence-electron chi connectivity index (χ2n) is 21.4. The standard InChI is InChI=1S/C54H76N6O11/c1-34(2)8-6-9-35(3)43-20-21-44-42-19-12-37-30-41(24-26-53(37,4)45(42)25-27-54(43,44)5)69-29-7-28-56-48(62)22-23-49(63)59-46(31-47(55)61)51(65)57-32-50(64)58-38-13-10-36(11-14-38)33-70-52(66)71-40-17-15-39(16-18-40)60(67)68/h10-18,34-35,41-46H,6-9,19-33H2,1-5H3,(H2,55,61)(H,56,62)(H,57,65)(H,58,64)(H,59,63)/t35-,41?,42+,43-,44+,45+,46+,53+,54-/m1/s1. The highest BCUT2D eigenvalue weighted by Gasteiger charge is 2.59. The molecule has 3 fully saturated rings. The molecule has 0 radical (unpaired) electrons. The van der Waals surface area contributed by atoms with E-state index in [9.17, 15) is 38.9 Å². The van der Waals surface area contributed by atoms with E-state index in [1.54, 1.807) is 17.7 Å². The molecule has 4 aliphatic rings. The number of rotatable bonds is 24. The van der Waals surface area contributed by atoms with Crippen LogP contribution >= 0.6 is 0 Å². The second kappa shape index (κ2) is 25.0. The third kappa shape index (κ3) is 14.9. The molecule has 388 valence electrons. The van der Waals surface area contributed by atoms with Gasteiger partial charge in [0, 0.05) is 43.8 Å². The predicted molar refractivity (Wildman–Crippen MR) is 267 cm³/mol. The molecule has 5 amide bonds. The maximum atomic E-state index is 12.9. The average Bonchev–Trinajstić information content (AvgIpc) is 3.69. The zero-order valence-corrected chi connectivity index (χ0v) is 42.3. The molecule has 0 heterocycles. The van der Waals surface area contributed by atoms with Crippen molar-refractivity contribution < 1.29 is 47.9 Å². The molecule has 2 aromatic rings. The summed E-state index contributed by atoms with van der Waals surface area (Å²) in [5.41, 5.74) is 8.43. The molecule has 0 bridgehead atoms. The van der Waals surface area contributed by atoms with Crippen molar-refractivity contribution >= 4 is 47.1 Å². The highest BCUT2D eigenvalue weighted by molar-refractivity contribution is 5.97. The first-order chi connectivity index (χ1) is 33.8. The second-order valence-corrected chi connectivity index (χ2v) is 21.4. The number of nitrogens with zero attached hydrogens (tertiary/aromatic N) is 1. The first-order valence-corrected chi connectivity index (χ1v) is 25.8. The van der Waals surface area contributed by atoms with Crippen molar-refractivity contribution in [1.82, 2.24) is 16.0 Å². The summed E-state index contributed by atoms with van der Waals surface area (Å²) in [7, 11) is 0. The maximum absolute atomic E-state index is 12.9. The van der Waals surface area contributed by atoms with Gasteiger partial charge in [0.2, 0.25) is 29.5 Å². The van der Waals surface area contributed by atoms with Crippen molar-refractivity contribution in [2.45, 2.75) is 150 Å². The Morgan fingerprint density at radius 3 is 2.28 bits per heavy atom. The van der Waals surface area contributed by atoms with Crippen LogP contribution in [0.25, 0.3) is 0 Å². The number of carbonyl (C=O) groups excluding carboxylic acids is 6. The minimum Gasteiger partial charge on any atom is -0.429 e. The van der Waals surface area contributed by atoms with E-state index in [-0.39, 0.29) is 48.3 Å². The number of allylic oxidation sites excluding steroid dienone is 1. The lowest BCUT2D eigenvalue weighted by Gasteiger charge is -2.58. The van der Waals surface area contributed by atoms with Crippen molar-refractivity contribution in [3.05, 3.63) is 75.9 Å². The number of anilines is 1. The van der Waals surface area contributed by atoms with Crippen LogP contribution in [0.5, 0.6) is 5.75 Å². The largest absolute Gasteiger partial charge is 0.514 e. The summed E-state index contributed by atoms with van der Waals surface area (Å²) in [6, 6.07) is 9.78. The number of non-ortho nitro benzene ring substituents is 1. The van der Waals surface area contributed by atoms with Crippen molar-refractivity contribution in [2.75, 3.05) is 25.0 Å². The monoisotopic (exact) mass is 985 g/mol. The number of nitro groups is 1. The Bertz CT molecular complexity index is 2230. The SMILES string of the molecule is CC(C)CCC[C@@H](C)[C@H]1CC[C@H]2[C@@H]3CC=C4CC(OCCCNC(=O)CCC(=O)N[C@@H](CC(N)=O)C(=O)NCC(=O)Nc5ccc(COC(=O)Oc6ccc([N+](=O)[O-])cc6)cc5)CC[C@]4(C)[C@H]3CC[C@]12C. The first-order valence-electron chi connectivity index (χ1n) is 25.8. The highest BCUT2D eigenvalue weighted by atomic mass is 16.7. The molecule has 1 unspecified atom stereocenters. The molecule has 4 aliphatic carbocycles. The molecule has 71 heavy (non-hydrogen) atoms. The molecule has 17 nitrogen and oxygen atoms in total. The molecule has 0 aromatic heterocycles. The number of amides is 5. The first kappa shape index (κ1) is 54.5. The number of hydrogen-bond donors (Lipinski definition) is 5. The summed E-state index contributed by atoms with van der Waals surface area (Å²) in [5, 5.41) is 21.1. The normalized spacial score (nSPS) is 25.2. The molecule has 0 aliphatic heterocycles. The van der Waals surface area contributed by atoms with Crippen LogP contribution in [0, 0.1) is 56.5 Å². The van der Waals surface area contributed by atoms with Crippen molar-refractivity contribution in [3.63, 3.8) is 0 Å². The Kier molecular flexibility index (Phi) is 19.2. The van der Waals surface area contributed by atoms with Gasteiger partial charge in [-0.05, 0) is 134 Å². The lowest BCUT2D eigenvalue weighted by Crippen LogP contribution is -2.51. The zero-order chi connectivity index (χ0) is 51.3. The lowest BCUT2D eigenvalue weighted by molar-refractivity contribution is -0.384. The number of fused-ring (bicyclic) bond motifs is 5. The van der Waals surface area contributed by atoms with E-state index in [1.807, 2.05) is 0 Å². The summed E-state index contributed by atoms with van der Waals surface area (Å²) in [5.74, 6) is 1.68. The average molecular weight is 985 g/mol. The van der Waals surface area contributed by atoms with E-state index in [0.717, 1.165) is 54.8 Å². The van der Waals surface area contributed by atoms with Gasteiger partial charge in [-0.15, -0.1) is 0 Å². The van der Waals surface area contributed by atoms with Crippen LogP contribution in [-0.2, 0) is 40.1 Å². The van der Waals surface area contributed by atoms with Crippen molar-refractivity contribution in [1.29, 1.82) is 0 Å². The van der Waals surface area contributed by atoms with E-state index >= 15 is 0 Å². The number of carbonyl (C=O) groups is 6. The molecule has 2 aromatic carbocycles. The summed E-state index contributed by atoms with van der Waals surface area (Å²) in [6.45, 7) is 12.7. The molecule has 6 N–H and O–H groups in total. The Balaban J connectivity index is 0.839. The lowest BCUT2D eigenvalue weighted by atomic mass is 9.47. The van der Waals surface area contributed by atoms with Gasteiger partial charge in [0.1, 0.15) is 18.4 Å².